The maximum atomic E-state index is 11.9. The lowest BCUT2D eigenvalue weighted by atomic mass is 10.2. The fourth-order valence-corrected chi connectivity index (χ4v) is 2.10. The van der Waals surface area contributed by atoms with Crippen LogP contribution in [0.2, 0.25) is 0 Å². The third-order valence-electron chi connectivity index (χ3n) is 3.28. The Morgan fingerprint density at radius 1 is 1.29 bits per heavy atom. The summed E-state index contributed by atoms with van der Waals surface area (Å²) in [6.45, 7) is 7.54. The molecule has 0 saturated carbocycles. The number of likely N-dealkylation sites (N-methyl/N-ethyl adjacent to an activating group) is 2. The first-order valence-electron chi connectivity index (χ1n) is 7.27. The number of carbonyl (C=O) groups excluding carboxylic acids is 2. The Labute approximate surface area is 126 Å². The molecule has 0 bridgehead atoms. The third-order valence-corrected chi connectivity index (χ3v) is 3.28. The molecule has 6 nitrogen and oxygen atoms in total. The van der Waals surface area contributed by atoms with E-state index in [0.29, 0.717) is 18.8 Å². The number of nitrogens with one attached hydrogen (secondary N) is 1. The summed E-state index contributed by atoms with van der Waals surface area (Å²) >= 11 is 0. The SMILES string of the molecule is CCN(CC)C(=O)CN(C)CC(=O)NC(C)c1ccco1. The van der Waals surface area contributed by atoms with Crippen molar-refractivity contribution in [3.05, 3.63) is 24.2 Å². The number of carbonyl (C=O) groups is 2. The van der Waals surface area contributed by atoms with E-state index in [1.54, 1.807) is 29.2 Å². The largest absolute Gasteiger partial charge is 0.467 e. The monoisotopic (exact) mass is 295 g/mol. The first kappa shape index (κ1) is 17.2. The van der Waals surface area contributed by atoms with Crippen molar-refractivity contribution in [2.45, 2.75) is 26.8 Å². The van der Waals surface area contributed by atoms with E-state index in [1.807, 2.05) is 26.8 Å². The summed E-state index contributed by atoms with van der Waals surface area (Å²) in [5.41, 5.74) is 0. The van der Waals surface area contributed by atoms with Gasteiger partial charge in [0.1, 0.15) is 5.76 Å². The van der Waals surface area contributed by atoms with Gasteiger partial charge in [0.2, 0.25) is 11.8 Å². The van der Waals surface area contributed by atoms with Gasteiger partial charge in [-0.05, 0) is 40.0 Å². The zero-order chi connectivity index (χ0) is 15.8. The highest BCUT2D eigenvalue weighted by atomic mass is 16.3. The van der Waals surface area contributed by atoms with Crippen molar-refractivity contribution < 1.29 is 14.0 Å². The van der Waals surface area contributed by atoms with E-state index in [2.05, 4.69) is 5.32 Å². The second-order valence-electron chi connectivity index (χ2n) is 5.04. The van der Waals surface area contributed by atoms with Crippen molar-refractivity contribution in [3.8, 4) is 0 Å². The van der Waals surface area contributed by atoms with Gasteiger partial charge in [0.25, 0.3) is 0 Å². The fraction of sp³-hybridized carbons (Fsp3) is 0.600. The van der Waals surface area contributed by atoms with E-state index in [9.17, 15) is 9.59 Å². The zero-order valence-electron chi connectivity index (χ0n) is 13.3. The van der Waals surface area contributed by atoms with Crippen LogP contribution in [-0.2, 0) is 9.59 Å². The smallest absolute Gasteiger partial charge is 0.236 e. The maximum absolute atomic E-state index is 11.9. The number of rotatable bonds is 8. The summed E-state index contributed by atoms with van der Waals surface area (Å²) in [5.74, 6) is 0.619. The number of hydrogen-bond donors (Lipinski definition) is 1. The molecule has 1 N–H and O–H groups in total. The van der Waals surface area contributed by atoms with E-state index in [4.69, 9.17) is 4.42 Å². The van der Waals surface area contributed by atoms with Crippen molar-refractivity contribution in [1.29, 1.82) is 0 Å². The molecule has 6 heteroatoms. The van der Waals surface area contributed by atoms with Crippen molar-refractivity contribution in [2.75, 3.05) is 33.2 Å². The maximum Gasteiger partial charge on any atom is 0.236 e. The molecule has 0 aliphatic carbocycles. The first-order valence-corrected chi connectivity index (χ1v) is 7.27. The molecule has 21 heavy (non-hydrogen) atoms. The molecule has 1 aromatic rings. The highest BCUT2D eigenvalue weighted by molar-refractivity contribution is 5.81. The standard InChI is InChI=1S/C15H25N3O3/c1-5-18(6-2)15(20)11-17(4)10-14(19)16-12(3)13-8-7-9-21-13/h7-9,12H,5-6,10-11H2,1-4H3,(H,16,19). The molecule has 0 aliphatic rings. The number of amides is 2. The molecule has 1 atom stereocenters. The van der Waals surface area contributed by atoms with Crippen molar-refractivity contribution in [3.63, 3.8) is 0 Å². The molecule has 0 aromatic carbocycles. The summed E-state index contributed by atoms with van der Waals surface area (Å²) in [6.07, 6.45) is 1.58. The second kappa shape index (κ2) is 8.46. The minimum absolute atomic E-state index is 0.0365. The van der Waals surface area contributed by atoms with Gasteiger partial charge >= 0.3 is 0 Å². The topological polar surface area (TPSA) is 65.8 Å². The fourth-order valence-electron chi connectivity index (χ4n) is 2.10. The molecule has 0 saturated heterocycles. The second-order valence-corrected chi connectivity index (χ2v) is 5.04. The Kier molecular flexibility index (Phi) is 6.94. The van der Waals surface area contributed by atoms with E-state index < -0.39 is 0 Å². The van der Waals surface area contributed by atoms with Crippen LogP contribution in [0.3, 0.4) is 0 Å². The van der Waals surface area contributed by atoms with Gasteiger partial charge in [-0.15, -0.1) is 0 Å². The molecule has 1 aromatic heterocycles. The minimum atomic E-state index is -0.181. The van der Waals surface area contributed by atoms with Crippen LogP contribution in [0.4, 0.5) is 0 Å². The highest BCUT2D eigenvalue weighted by Gasteiger charge is 2.16. The average Bonchev–Trinajstić information content (AvgIpc) is 2.93. The van der Waals surface area contributed by atoms with Gasteiger partial charge in [0, 0.05) is 13.1 Å². The quantitative estimate of drug-likeness (QED) is 0.784. The Hall–Kier alpha value is -1.82. The van der Waals surface area contributed by atoms with E-state index in [1.165, 1.54) is 0 Å². The molecule has 0 spiro atoms. The van der Waals surface area contributed by atoms with Gasteiger partial charge < -0.3 is 14.6 Å². The van der Waals surface area contributed by atoms with Gasteiger partial charge in [0.15, 0.2) is 0 Å². The summed E-state index contributed by atoms with van der Waals surface area (Å²) in [4.78, 5) is 27.3. The van der Waals surface area contributed by atoms with Crippen molar-refractivity contribution >= 4 is 11.8 Å². The summed E-state index contributed by atoms with van der Waals surface area (Å²) in [5, 5.41) is 2.84. The molecule has 1 heterocycles. The van der Waals surface area contributed by atoms with E-state index in [0.717, 1.165) is 0 Å². The molecule has 0 fully saturated rings. The van der Waals surface area contributed by atoms with Crippen LogP contribution in [-0.4, -0.2) is 54.8 Å². The van der Waals surface area contributed by atoms with Crippen LogP contribution in [0.1, 0.15) is 32.6 Å². The third kappa shape index (κ3) is 5.59. The number of nitrogens with zero attached hydrogens (tertiary/aromatic N) is 2. The van der Waals surface area contributed by atoms with Crippen LogP contribution in [0.25, 0.3) is 0 Å². The Bertz CT molecular complexity index is 441. The van der Waals surface area contributed by atoms with Crippen molar-refractivity contribution in [1.82, 2.24) is 15.1 Å². The average molecular weight is 295 g/mol. The van der Waals surface area contributed by atoms with Gasteiger partial charge in [-0.2, -0.15) is 0 Å². The normalized spacial score (nSPS) is 12.2. The Morgan fingerprint density at radius 3 is 2.48 bits per heavy atom. The summed E-state index contributed by atoms with van der Waals surface area (Å²) in [7, 11) is 1.76. The molecular formula is C15H25N3O3. The predicted octanol–water partition coefficient (Wildman–Crippen LogP) is 1.26. The molecule has 118 valence electrons. The predicted molar refractivity (Wildman–Crippen MR) is 80.7 cm³/mol. The van der Waals surface area contributed by atoms with Crippen LogP contribution >= 0.6 is 0 Å². The number of hydrogen-bond acceptors (Lipinski definition) is 4. The molecule has 0 radical (unpaired) electrons. The molecular weight excluding hydrogens is 270 g/mol. The van der Waals surface area contributed by atoms with Gasteiger partial charge in [-0.25, -0.2) is 0 Å². The Balaban J connectivity index is 2.38. The highest BCUT2D eigenvalue weighted by Crippen LogP contribution is 2.11. The van der Waals surface area contributed by atoms with Gasteiger partial charge in [-0.3, -0.25) is 14.5 Å². The van der Waals surface area contributed by atoms with Crippen LogP contribution < -0.4 is 5.32 Å². The lowest BCUT2D eigenvalue weighted by molar-refractivity contribution is -0.132. The van der Waals surface area contributed by atoms with Gasteiger partial charge in [0.05, 0.1) is 25.4 Å². The number of furan rings is 1. The Morgan fingerprint density at radius 2 is 1.95 bits per heavy atom. The zero-order valence-corrected chi connectivity index (χ0v) is 13.3. The first-order chi connectivity index (χ1) is 9.97. The summed E-state index contributed by atoms with van der Waals surface area (Å²) < 4.78 is 5.24. The van der Waals surface area contributed by atoms with Gasteiger partial charge in [-0.1, -0.05) is 0 Å². The molecule has 1 unspecified atom stereocenters. The lowest BCUT2D eigenvalue weighted by Gasteiger charge is -2.23. The van der Waals surface area contributed by atoms with Crippen LogP contribution in [0.5, 0.6) is 0 Å². The van der Waals surface area contributed by atoms with Crippen LogP contribution in [0.15, 0.2) is 22.8 Å². The van der Waals surface area contributed by atoms with Crippen LogP contribution in [0, 0.1) is 0 Å². The van der Waals surface area contributed by atoms with E-state index >= 15 is 0 Å². The van der Waals surface area contributed by atoms with E-state index in [-0.39, 0.29) is 30.9 Å². The van der Waals surface area contributed by atoms with Crippen molar-refractivity contribution in [2.24, 2.45) is 0 Å². The summed E-state index contributed by atoms with van der Waals surface area (Å²) in [6, 6.07) is 3.42. The lowest BCUT2D eigenvalue weighted by Crippen LogP contribution is -2.43. The molecule has 0 aliphatic heterocycles. The molecule has 2 amide bonds. The molecule has 1 rings (SSSR count). The minimum Gasteiger partial charge on any atom is -0.467 e.